The second kappa shape index (κ2) is 4.01. The number of benzene rings is 1. The number of aromatic amines is 1. The molecule has 5 heteroatoms. The molecule has 0 radical (unpaired) electrons. The van der Waals surface area contributed by atoms with E-state index in [4.69, 9.17) is 5.73 Å². The molecular formula is C10H8IN3O. The molecule has 15 heavy (non-hydrogen) atoms. The Bertz CT molecular complexity index is 507. The van der Waals surface area contributed by atoms with Crippen molar-refractivity contribution in [2.75, 3.05) is 0 Å². The van der Waals surface area contributed by atoms with Gasteiger partial charge in [0.25, 0.3) is 5.91 Å². The Morgan fingerprint density at radius 1 is 1.40 bits per heavy atom. The zero-order valence-electron chi connectivity index (χ0n) is 7.70. The molecular weight excluding hydrogens is 305 g/mol. The maximum Gasteiger partial charge on any atom is 0.266 e. The van der Waals surface area contributed by atoms with Gasteiger partial charge in [-0.15, -0.1) is 0 Å². The van der Waals surface area contributed by atoms with Gasteiger partial charge in [0.15, 0.2) is 0 Å². The highest BCUT2D eigenvalue weighted by molar-refractivity contribution is 14.1. The quantitative estimate of drug-likeness (QED) is 0.830. The Morgan fingerprint density at radius 3 is 2.80 bits per heavy atom. The maximum absolute atomic E-state index is 10.9. The summed E-state index contributed by atoms with van der Waals surface area (Å²) in [6.07, 6.45) is 0. The van der Waals surface area contributed by atoms with Gasteiger partial charge in [0.2, 0.25) is 0 Å². The molecule has 0 saturated heterocycles. The Labute approximate surface area is 100 Å². The van der Waals surface area contributed by atoms with E-state index >= 15 is 0 Å². The summed E-state index contributed by atoms with van der Waals surface area (Å²) in [6.45, 7) is 0. The summed E-state index contributed by atoms with van der Waals surface area (Å²) in [7, 11) is 0. The predicted octanol–water partition coefficient (Wildman–Crippen LogP) is 1.78. The van der Waals surface area contributed by atoms with Crippen molar-refractivity contribution in [2.45, 2.75) is 0 Å². The fourth-order valence-electron chi connectivity index (χ4n) is 1.24. The van der Waals surface area contributed by atoms with Crippen molar-refractivity contribution in [3.05, 3.63) is 39.6 Å². The first-order valence-corrected chi connectivity index (χ1v) is 5.36. The molecule has 1 aromatic heterocycles. The first-order valence-electron chi connectivity index (χ1n) is 4.28. The zero-order chi connectivity index (χ0) is 10.8. The van der Waals surface area contributed by atoms with Crippen LogP contribution in [-0.4, -0.2) is 16.1 Å². The van der Waals surface area contributed by atoms with Gasteiger partial charge in [-0.3, -0.25) is 9.89 Å². The van der Waals surface area contributed by atoms with Gasteiger partial charge < -0.3 is 5.73 Å². The SMILES string of the molecule is NC(=O)c1cc(-c2cccc(I)c2)n[nH]1. The van der Waals surface area contributed by atoms with Crippen LogP contribution in [0.25, 0.3) is 11.3 Å². The van der Waals surface area contributed by atoms with Crippen LogP contribution in [0.15, 0.2) is 30.3 Å². The zero-order valence-corrected chi connectivity index (χ0v) is 9.86. The van der Waals surface area contributed by atoms with Crippen molar-refractivity contribution < 1.29 is 4.79 Å². The summed E-state index contributed by atoms with van der Waals surface area (Å²) in [5.41, 5.74) is 7.13. The van der Waals surface area contributed by atoms with E-state index in [9.17, 15) is 4.79 Å². The molecule has 76 valence electrons. The lowest BCUT2D eigenvalue weighted by Crippen LogP contribution is -2.10. The molecule has 0 aliphatic heterocycles. The van der Waals surface area contributed by atoms with Crippen molar-refractivity contribution >= 4 is 28.5 Å². The average Bonchev–Trinajstić information content (AvgIpc) is 2.66. The Kier molecular flexibility index (Phi) is 2.72. The van der Waals surface area contributed by atoms with E-state index in [-0.39, 0.29) is 0 Å². The molecule has 1 amide bonds. The number of halogens is 1. The van der Waals surface area contributed by atoms with Crippen LogP contribution in [0.3, 0.4) is 0 Å². The first-order chi connectivity index (χ1) is 7.16. The summed E-state index contributed by atoms with van der Waals surface area (Å²) in [4.78, 5) is 10.9. The molecule has 0 aliphatic carbocycles. The number of H-pyrrole nitrogens is 1. The van der Waals surface area contributed by atoms with Crippen LogP contribution in [-0.2, 0) is 0 Å². The summed E-state index contributed by atoms with van der Waals surface area (Å²) < 4.78 is 1.12. The summed E-state index contributed by atoms with van der Waals surface area (Å²) in [6, 6.07) is 9.50. The number of nitrogens with one attached hydrogen (secondary N) is 1. The fraction of sp³-hybridized carbons (Fsp3) is 0. The molecule has 0 fully saturated rings. The topological polar surface area (TPSA) is 71.8 Å². The molecule has 0 bridgehead atoms. The minimum absolute atomic E-state index is 0.323. The van der Waals surface area contributed by atoms with Gasteiger partial charge in [-0.1, -0.05) is 12.1 Å². The van der Waals surface area contributed by atoms with E-state index in [1.165, 1.54) is 0 Å². The van der Waals surface area contributed by atoms with E-state index in [0.717, 1.165) is 14.8 Å². The number of carbonyl (C=O) groups excluding carboxylic acids is 1. The molecule has 2 rings (SSSR count). The van der Waals surface area contributed by atoms with Gasteiger partial charge in [-0.2, -0.15) is 5.10 Å². The minimum Gasteiger partial charge on any atom is -0.364 e. The molecule has 2 aromatic rings. The highest BCUT2D eigenvalue weighted by Crippen LogP contribution is 2.19. The van der Waals surface area contributed by atoms with Crippen LogP contribution in [0.2, 0.25) is 0 Å². The second-order valence-corrected chi connectivity index (χ2v) is 4.29. The monoisotopic (exact) mass is 313 g/mol. The number of nitrogens with zero attached hydrogens (tertiary/aromatic N) is 1. The molecule has 0 atom stereocenters. The Balaban J connectivity index is 2.41. The summed E-state index contributed by atoms with van der Waals surface area (Å²) in [5.74, 6) is -0.501. The van der Waals surface area contributed by atoms with Crippen LogP contribution in [0.5, 0.6) is 0 Å². The van der Waals surface area contributed by atoms with Crippen LogP contribution in [0.1, 0.15) is 10.5 Å². The molecule has 0 aliphatic rings. The van der Waals surface area contributed by atoms with Gasteiger partial charge in [-0.05, 0) is 40.8 Å². The molecule has 1 aromatic carbocycles. The van der Waals surface area contributed by atoms with E-state index in [2.05, 4.69) is 32.8 Å². The molecule has 3 N–H and O–H groups in total. The van der Waals surface area contributed by atoms with Gasteiger partial charge in [-0.25, -0.2) is 0 Å². The number of hydrogen-bond acceptors (Lipinski definition) is 2. The maximum atomic E-state index is 10.9. The van der Waals surface area contributed by atoms with E-state index in [1.807, 2.05) is 24.3 Å². The number of rotatable bonds is 2. The first kappa shape index (κ1) is 10.2. The third-order valence-corrected chi connectivity index (χ3v) is 2.63. The largest absolute Gasteiger partial charge is 0.364 e. The van der Waals surface area contributed by atoms with Gasteiger partial charge in [0, 0.05) is 9.13 Å². The van der Waals surface area contributed by atoms with Crippen molar-refractivity contribution in [2.24, 2.45) is 5.73 Å². The summed E-state index contributed by atoms with van der Waals surface area (Å²) in [5, 5.41) is 6.62. The number of carbonyl (C=O) groups is 1. The lowest BCUT2D eigenvalue weighted by atomic mass is 10.1. The van der Waals surface area contributed by atoms with Crippen LogP contribution >= 0.6 is 22.6 Å². The van der Waals surface area contributed by atoms with E-state index in [1.54, 1.807) is 6.07 Å². The van der Waals surface area contributed by atoms with Crippen molar-refractivity contribution in [3.8, 4) is 11.3 Å². The van der Waals surface area contributed by atoms with Crippen LogP contribution in [0, 0.1) is 3.57 Å². The molecule has 0 unspecified atom stereocenters. The smallest absolute Gasteiger partial charge is 0.266 e. The molecule has 1 heterocycles. The number of nitrogens with two attached hydrogens (primary N) is 1. The minimum atomic E-state index is -0.501. The average molecular weight is 313 g/mol. The summed E-state index contributed by atoms with van der Waals surface area (Å²) >= 11 is 2.22. The lowest BCUT2D eigenvalue weighted by Gasteiger charge is -1.95. The van der Waals surface area contributed by atoms with Gasteiger partial charge >= 0.3 is 0 Å². The fourth-order valence-corrected chi connectivity index (χ4v) is 1.79. The lowest BCUT2D eigenvalue weighted by molar-refractivity contribution is 0.0995. The number of amides is 1. The Morgan fingerprint density at radius 2 is 2.20 bits per heavy atom. The number of primary amides is 1. The van der Waals surface area contributed by atoms with Crippen molar-refractivity contribution in [3.63, 3.8) is 0 Å². The van der Waals surface area contributed by atoms with Crippen molar-refractivity contribution in [1.82, 2.24) is 10.2 Å². The van der Waals surface area contributed by atoms with Gasteiger partial charge in [0.05, 0.1) is 5.69 Å². The van der Waals surface area contributed by atoms with E-state index < -0.39 is 5.91 Å². The molecule has 0 spiro atoms. The highest BCUT2D eigenvalue weighted by Gasteiger charge is 2.07. The second-order valence-electron chi connectivity index (χ2n) is 3.04. The normalized spacial score (nSPS) is 10.2. The van der Waals surface area contributed by atoms with Crippen LogP contribution in [0.4, 0.5) is 0 Å². The Hall–Kier alpha value is -1.37. The predicted molar refractivity (Wildman–Crippen MR) is 65.3 cm³/mol. The molecule has 0 saturated carbocycles. The van der Waals surface area contributed by atoms with Gasteiger partial charge in [0.1, 0.15) is 5.69 Å². The standard InChI is InChI=1S/C10H8IN3O/c11-7-3-1-2-6(4-7)8-5-9(10(12)15)14-13-8/h1-5H,(H2,12,15)(H,13,14). The van der Waals surface area contributed by atoms with Crippen LogP contribution < -0.4 is 5.73 Å². The number of hydrogen-bond donors (Lipinski definition) is 2. The van der Waals surface area contributed by atoms with E-state index in [0.29, 0.717) is 5.69 Å². The number of aromatic nitrogens is 2. The molecule has 4 nitrogen and oxygen atoms in total. The highest BCUT2D eigenvalue weighted by atomic mass is 127. The van der Waals surface area contributed by atoms with Crippen molar-refractivity contribution in [1.29, 1.82) is 0 Å². The third kappa shape index (κ3) is 2.17. The third-order valence-electron chi connectivity index (χ3n) is 1.96.